The number of aliphatic hydroxyl groups is 1. The molecule has 2 N–H and O–H groups in total. The fourth-order valence-corrected chi connectivity index (χ4v) is 3.48. The number of amides is 1. The van der Waals surface area contributed by atoms with Crippen LogP contribution in [0.1, 0.15) is 18.1 Å². The molecule has 33 heavy (non-hydrogen) atoms. The molecular weight excluding hydrogens is 430 g/mol. The fraction of sp³-hybridized carbons (Fsp3) is 0.417. The summed E-state index contributed by atoms with van der Waals surface area (Å²) < 4.78 is 27.5. The van der Waals surface area contributed by atoms with Gasteiger partial charge < -0.3 is 34.1 Å². The van der Waals surface area contributed by atoms with Crippen molar-refractivity contribution < 1.29 is 38.4 Å². The highest BCUT2D eigenvalue weighted by molar-refractivity contribution is 5.68. The Hall–Kier alpha value is -2.98. The first-order chi connectivity index (χ1) is 16.0. The number of hydrogen-bond acceptors (Lipinski definition) is 8. The molecule has 0 saturated carbocycles. The van der Waals surface area contributed by atoms with E-state index < -0.39 is 42.7 Å². The van der Waals surface area contributed by atoms with Crippen molar-refractivity contribution in [2.24, 2.45) is 0 Å². The van der Waals surface area contributed by atoms with Crippen molar-refractivity contribution in [2.45, 2.75) is 50.8 Å². The Morgan fingerprint density at radius 2 is 1.58 bits per heavy atom. The Morgan fingerprint density at radius 1 is 0.970 bits per heavy atom. The van der Waals surface area contributed by atoms with Crippen LogP contribution in [-0.2, 0) is 41.7 Å². The van der Waals surface area contributed by atoms with Gasteiger partial charge in [-0.15, -0.1) is 0 Å². The molecule has 3 rings (SSSR count). The molecule has 0 aliphatic carbocycles. The van der Waals surface area contributed by atoms with Crippen LogP contribution >= 0.6 is 0 Å². The highest BCUT2D eigenvalue weighted by Crippen LogP contribution is 2.26. The summed E-state index contributed by atoms with van der Waals surface area (Å²) in [4.78, 5) is 23.8. The first-order valence-corrected chi connectivity index (χ1v) is 10.6. The van der Waals surface area contributed by atoms with E-state index in [1.54, 1.807) is 0 Å². The lowest BCUT2D eigenvalue weighted by molar-refractivity contribution is -0.272. The number of alkyl carbamates (subject to hydrolysis) is 1. The fourth-order valence-electron chi connectivity index (χ4n) is 3.48. The largest absolute Gasteiger partial charge is 0.463 e. The minimum atomic E-state index is -1.21. The van der Waals surface area contributed by atoms with Crippen LogP contribution in [0.25, 0.3) is 0 Å². The molecule has 0 aromatic heterocycles. The average molecular weight is 459 g/mol. The van der Waals surface area contributed by atoms with E-state index >= 15 is 0 Å². The molecule has 1 aliphatic rings. The van der Waals surface area contributed by atoms with Gasteiger partial charge in [0, 0.05) is 14.0 Å². The lowest BCUT2D eigenvalue weighted by Gasteiger charge is -2.43. The lowest BCUT2D eigenvalue weighted by atomic mass is 9.96. The summed E-state index contributed by atoms with van der Waals surface area (Å²) in [5.74, 6) is -0.508. The Kier molecular flexibility index (Phi) is 9.20. The molecule has 9 heteroatoms. The van der Waals surface area contributed by atoms with E-state index in [1.807, 2.05) is 60.7 Å². The summed E-state index contributed by atoms with van der Waals surface area (Å²) in [5, 5.41) is 13.6. The minimum absolute atomic E-state index is 0.0745. The summed E-state index contributed by atoms with van der Waals surface area (Å²) in [6.45, 7) is 1.33. The van der Waals surface area contributed by atoms with E-state index in [4.69, 9.17) is 23.7 Å². The number of aliphatic hydroxyl groups excluding tert-OH is 1. The quantitative estimate of drug-likeness (QED) is 0.549. The number of carbonyl (C=O) groups excluding carboxylic acids is 2. The number of nitrogens with one attached hydrogen (secondary N) is 1. The summed E-state index contributed by atoms with van der Waals surface area (Å²) >= 11 is 0. The molecule has 178 valence electrons. The van der Waals surface area contributed by atoms with Crippen LogP contribution in [0.3, 0.4) is 0 Å². The number of hydrogen-bond donors (Lipinski definition) is 2. The molecule has 1 amide bonds. The molecule has 2 aromatic carbocycles. The zero-order valence-electron chi connectivity index (χ0n) is 18.6. The molecule has 2 aromatic rings. The molecule has 1 heterocycles. The van der Waals surface area contributed by atoms with Crippen molar-refractivity contribution in [2.75, 3.05) is 13.7 Å². The maximum atomic E-state index is 12.5. The number of rotatable bonds is 9. The molecule has 0 spiro atoms. The van der Waals surface area contributed by atoms with Gasteiger partial charge in [-0.1, -0.05) is 60.7 Å². The average Bonchev–Trinajstić information content (AvgIpc) is 2.83. The van der Waals surface area contributed by atoms with Crippen LogP contribution in [0, 0.1) is 0 Å². The van der Waals surface area contributed by atoms with E-state index in [0.717, 1.165) is 11.1 Å². The Labute approximate surface area is 192 Å². The first-order valence-electron chi connectivity index (χ1n) is 10.6. The van der Waals surface area contributed by atoms with Crippen molar-refractivity contribution >= 4 is 12.1 Å². The molecule has 1 aliphatic heterocycles. The highest BCUT2D eigenvalue weighted by atomic mass is 16.7. The van der Waals surface area contributed by atoms with Crippen molar-refractivity contribution in [1.82, 2.24) is 5.32 Å². The van der Waals surface area contributed by atoms with Crippen molar-refractivity contribution in [3.05, 3.63) is 71.8 Å². The van der Waals surface area contributed by atoms with Gasteiger partial charge in [0.1, 0.15) is 37.6 Å². The molecule has 0 radical (unpaired) electrons. The van der Waals surface area contributed by atoms with Crippen LogP contribution in [0.15, 0.2) is 60.7 Å². The SMILES string of the molecule is CO[C@@H]1O[C@H](COC(C)=O)C(O)C(OCc2ccccc2)[C@H]1NC(=O)OCc1ccccc1. The van der Waals surface area contributed by atoms with Crippen LogP contribution < -0.4 is 5.32 Å². The summed E-state index contributed by atoms with van der Waals surface area (Å²) in [6, 6.07) is 17.7. The molecule has 2 unspecified atom stereocenters. The predicted octanol–water partition coefficient (Wildman–Crippen LogP) is 2.16. The van der Waals surface area contributed by atoms with Gasteiger partial charge in [-0.3, -0.25) is 4.79 Å². The van der Waals surface area contributed by atoms with Crippen molar-refractivity contribution in [1.29, 1.82) is 0 Å². The second-order valence-electron chi connectivity index (χ2n) is 7.56. The van der Waals surface area contributed by atoms with Gasteiger partial charge in [0.05, 0.1) is 6.61 Å². The van der Waals surface area contributed by atoms with E-state index in [1.165, 1.54) is 14.0 Å². The Bertz CT molecular complexity index is 879. The summed E-state index contributed by atoms with van der Waals surface area (Å²) in [6.07, 6.45) is -4.72. The van der Waals surface area contributed by atoms with Crippen molar-refractivity contribution in [3.8, 4) is 0 Å². The zero-order valence-corrected chi connectivity index (χ0v) is 18.6. The topological polar surface area (TPSA) is 113 Å². The molecule has 5 atom stereocenters. The third kappa shape index (κ3) is 7.26. The summed E-state index contributed by atoms with van der Waals surface area (Å²) in [5.41, 5.74) is 1.71. The maximum Gasteiger partial charge on any atom is 0.407 e. The molecule has 9 nitrogen and oxygen atoms in total. The second-order valence-corrected chi connectivity index (χ2v) is 7.56. The van der Waals surface area contributed by atoms with Gasteiger partial charge in [0.25, 0.3) is 0 Å². The number of ether oxygens (including phenoxy) is 5. The van der Waals surface area contributed by atoms with E-state index in [-0.39, 0.29) is 19.8 Å². The monoisotopic (exact) mass is 459 g/mol. The molecule has 0 bridgehead atoms. The smallest absolute Gasteiger partial charge is 0.407 e. The number of carbonyl (C=O) groups is 2. The highest BCUT2D eigenvalue weighted by Gasteiger charge is 2.47. The van der Waals surface area contributed by atoms with Gasteiger partial charge in [-0.25, -0.2) is 4.79 Å². The maximum absolute atomic E-state index is 12.5. The van der Waals surface area contributed by atoms with Gasteiger partial charge in [0.15, 0.2) is 6.29 Å². The third-order valence-corrected chi connectivity index (χ3v) is 5.14. The number of benzene rings is 2. The first kappa shape index (κ1) is 24.7. The normalized spacial score (nSPS) is 24.6. The molecule has 1 saturated heterocycles. The van der Waals surface area contributed by atoms with Crippen LogP contribution in [0.4, 0.5) is 4.79 Å². The number of esters is 1. The number of methoxy groups -OCH3 is 1. The van der Waals surface area contributed by atoms with Gasteiger partial charge in [0.2, 0.25) is 0 Å². The van der Waals surface area contributed by atoms with Crippen LogP contribution in [0.5, 0.6) is 0 Å². The second kappa shape index (κ2) is 12.3. The van der Waals surface area contributed by atoms with Crippen molar-refractivity contribution in [3.63, 3.8) is 0 Å². The standard InChI is InChI=1S/C24H29NO8/c1-16(26)30-15-19-21(27)22(31-13-17-9-5-3-6-10-17)20(23(29-2)33-19)25-24(28)32-14-18-11-7-4-8-12-18/h3-12,19-23,27H,13-15H2,1-2H3,(H,25,28)/t19-,20-,21?,22?,23-/m1/s1. The molecular formula is C24H29NO8. The van der Waals surface area contributed by atoms with Crippen LogP contribution in [-0.4, -0.2) is 61.5 Å². The van der Waals surface area contributed by atoms with Gasteiger partial charge in [-0.05, 0) is 11.1 Å². The van der Waals surface area contributed by atoms with Gasteiger partial charge in [-0.2, -0.15) is 0 Å². The van der Waals surface area contributed by atoms with Crippen LogP contribution in [0.2, 0.25) is 0 Å². The molecule has 1 fully saturated rings. The Balaban J connectivity index is 1.71. The lowest BCUT2D eigenvalue weighted by Crippen LogP contribution is -2.65. The van der Waals surface area contributed by atoms with E-state index in [0.29, 0.717) is 0 Å². The minimum Gasteiger partial charge on any atom is -0.463 e. The van der Waals surface area contributed by atoms with E-state index in [2.05, 4.69) is 5.32 Å². The van der Waals surface area contributed by atoms with E-state index in [9.17, 15) is 14.7 Å². The zero-order chi connectivity index (χ0) is 23.6. The Morgan fingerprint density at radius 3 is 2.15 bits per heavy atom. The predicted molar refractivity (Wildman–Crippen MR) is 117 cm³/mol. The van der Waals surface area contributed by atoms with Gasteiger partial charge >= 0.3 is 12.1 Å². The third-order valence-electron chi connectivity index (χ3n) is 5.14. The summed E-state index contributed by atoms with van der Waals surface area (Å²) in [7, 11) is 1.41.